The van der Waals surface area contributed by atoms with Crippen LogP contribution in [0.3, 0.4) is 0 Å². The molecule has 26 heavy (non-hydrogen) atoms. The first kappa shape index (κ1) is 20.7. The Hall–Kier alpha value is -1.59. The van der Waals surface area contributed by atoms with E-state index in [1.54, 1.807) is 14.0 Å². The summed E-state index contributed by atoms with van der Waals surface area (Å²) in [6.07, 6.45) is 1.94. The summed E-state index contributed by atoms with van der Waals surface area (Å²) < 4.78 is 11.2. The molecule has 1 heterocycles. The number of rotatable bonds is 8. The van der Waals surface area contributed by atoms with Gasteiger partial charge in [-0.15, -0.1) is 0 Å². The average Bonchev–Trinajstić information content (AvgIpc) is 2.61. The smallest absolute Gasteiger partial charge is 0.256 e. The van der Waals surface area contributed by atoms with Crippen LogP contribution in [-0.2, 0) is 9.53 Å². The third kappa shape index (κ3) is 5.71. The van der Waals surface area contributed by atoms with Gasteiger partial charge in [0.2, 0.25) is 0 Å². The molecular weight excluding hydrogens is 328 g/mol. The van der Waals surface area contributed by atoms with Crippen LogP contribution in [0.25, 0.3) is 0 Å². The SMILES string of the molecule is CCC(C)(OC)C(=O)Nc1ccc(OCCN2CC(C)CC(C)C2)cc1. The predicted molar refractivity (Wildman–Crippen MR) is 106 cm³/mol. The second-order valence-corrected chi connectivity index (χ2v) is 7.82. The molecule has 0 bridgehead atoms. The highest BCUT2D eigenvalue weighted by Gasteiger charge is 2.30. The van der Waals surface area contributed by atoms with Crippen LogP contribution in [0.1, 0.15) is 40.5 Å². The summed E-state index contributed by atoms with van der Waals surface area (Å²) in [6, 6.07) is 7.52. The maximum atomic E-state index is 12.3. The molecule has 146 valence electrons. The number of anilines is 1. The number of methoxy groups -OCH3 is 1. The molecule has 0 radical (unpaired) electrons. The summed E-state index contributed by atoms with van der Waals surface area (Å²) in [7, 11) is 1.56. The number of amides is 1. The maximum absolute atomic E-state index is 12.3. The lowest BCUT2D eigenvalue weighted by Crippen LogP contribution is -2.41. The summed E-state index contributed by atoms with van der Waals surface area (Å²) in [5, 5.41) is 2.90. The first-order chi connectivity index (χ1) is 12.4. The van der Waals surface area contributed by atoms with E-state index in [4.69, 9.17) is 9.47 Å². The zero-order chi connectivity index (χ0) is 19.2. The van der Waals surface area contributed by atoms with Crippen LogP contribution in [0, 0.1) is 11.8 Å². The third-order valence-electron chi connectivity index (χ3n) is 5.34. The van der Waals surface area contributed by atoms with Crippen LogP contribution in [0.5, 0.6) is 5.75 Å². The van der Waals surface area contributed by atoms with Crippen molar-refractivity contribution in [3.8, 4) is 5.75 Å². The molecule has 1 fully saturated rings. The number of nitrogens with one attached hydrogen (secondary N) is 1. The summed E-state index contributed by atoms with van der Waals surface area (Å²) in [6.45, 7) is 12.3. The molecule has 0 aromatic heterocycles. The van der Waals surface area contributed by atoms with E-state index in [0.29, 0.717) is 13.0 Å². The first-order valence-electron chi connectivity index (χ1n) is 9.68. The number of benzene rings is 1. The highest BCUT2D eigenvalue weighted by molar-refractivity contribution is 5.97. The van der Waals surface area contributed by atoms with E-state index >= 15 is 0 Å². The van der Waals surface area contributed by atoms with Crippen LogP contribution in [0.2, 0.25) is 0 Å². The summed E-state index contributed by atoms with van der Waals surface area (Å²) in [5.74, 6) is 2.22. The fourth-order valence-electron chi connectivity index (χ4n) is 3.56. The predicted octanol–water partition coefficient (Wildman–Crippen LogP) is 3.80. The van der Waals surface area contributed by atoms with Crippen molar-refractivity contribution in [3.63, 3.8) is 0 Å². The van der Waals surface area contributed by atoms with Crippen molar-refractivity contribution in [2.75, 3.05) is 38.7 Å². The standard InChI is InChI=1S/C21H34N2O3/c1-6-21(4,25-5)20(24)22-18-7-9-19(10-8-18)26-12-11-23-14-16(2)13-17(3)15-23/h7-10,16-17H,6,11-15H2,1-5H3,(H,22,24). The molecule has 1 aliphatic heterocycles. The Kier molecular flexibility index (Phi) is 7.47. The maximum Gasteiger partial charge on any atom is 0.256 e. The molecule has 3 atom stereocenters. The molecule has 0 aliphatic carbocycles. The van der Waals surface area contributed by atoms with Gasteiger partial charge in [0.25, 0.3) is 5.91 Å². The van der Waals surface area contributed by atoms with Gasteiger partial charge in [-0.25, -0.2) is 0 Å². The van der Waals surface area contributed by atoms with Gasteiger partial charge in [0.05, 0.1) is 0 Å². The van der Waals surface area contributed by atoms with Crippen molar-refractivity contribution < 1.29 is 14.3 Å². The number of hydrogen-bond acceptors (Lipinski definition) is 4. The minimum atomic E-state index is -0.808. The third-order valence-corrected chi connectivity index (χ3v) is 5.34. The van der Waals surface area contributed by atoms with Gasteiger partial charge >= 0.3 is 0 Å². The Balaban J connectivity index is 1.79. The molecule has 1 aliphatic rings. The molecule has 1 aromatic rings. The monoisotopic (exact) mass is 362 g/mol. The molecule has 5 nitrogen and oxygen atoms in total. The fraction of sp³-hybridized carbons (Fsp3) is 0.667. The number of carbonyl (C=O) groups excluding carboxylic acids is 1. The lowest BCUT2D eigenvalue weighted by molar-refractivity contribution is -0.136. The normalized spacial score (nSPS) is 23.3. The highest BCUT2D eigenvalue weighted by atomic mass is 16.5. The average molecular weight is 363 g/mol. The number of piperidine rings is 1. The molecule has 3 unspecified atom stereocenters. The highest BCUT2D eigenvalue weighted by Crippen LogP contribution is 2.22. The van der Waals surface area contributed by atoms with Gasteiger partial charge in [0.15, 0.2) is 0 Å². The molecule has 0 saturated carbocycles. The quantitative estimate of drug-likeness (QED) is 0.764. The van der Waals surface area contributed by atoms with Crippen LogP contribution in [-0.4, -0.2) is 49.8 Å². The molecular formula is C21H34N2O3. The van der Waals surface area contributed by atoms with Gasteiger partial charge in [-0.3, -0.25) is 9.69 Å². The molecule has 1 aromatic carbocycles. The lowest BCUT2D eigenvalue weighted by Gasteiger charge is -2.34. The molecule has 1 saturated heterocycles. The number of carbonyl (C=O) groups is 1. The number of nitrogens with zero attached hydrogens (tertiary/aromatic N) is 1. The van der Waals surface area contributed by atoms with E-state index < -0.39 is 5.60 Å². The largest absolute Gasteiger partial charge is 0.492 e. The summed E-state index contributed by atoms with van der Waals surface area (Å²) >= 11 is 0. The second-order valence-electron chi connectivity index (χ2n) is 7.82. The van der Waals surface area contributed by atoms with E-state index in [-0.39, 0.29) is 5.91 Å². The van der Waals surface area contributed by atoms with Crippen molar-refractivity contribution in [1.82, 2.24) is 4.90 Å². The Labute approximate surface area is 158 Å². The van der Waals surface area contributed by atoms with E-state index in [9.17, 15) is 4.79 Å². The molecule has 1 N–H and O–H groups in total. The summed E-state index contributed by atoms with van der Waals surface area (Å²) in [4.78, 5) is 14.8. The summed E-state index contributed by atoms with van der Waals surface area (Å²) in [5.41, 5.74) is -0.0597. The van der Waals surface area contributed by atoms with Crippen molar-refractivity contribution in [1.29, 1.82) is 0 Å². The van der Waals surface area contributed by atoms with Crippen molar-refractivity contribution in [2.45, 2.75) is 46.1 Å². The van der Waals surface area contributed by atoms with E-state index in [1.807, 2.05) is 31.2 Å². The van der Waals surface area contributed by atoms with Crippen molar-refractivity contribution >= 4 is 11.6 Å². The number of likely N-dealkylation sites (tertiary alicyclic amines) is 1. The lowest BCUT2D eigenvalue weighted by atomic mass is 9.92. The zero-order valence-electron chi connectivity index (χ0n) is 16.9. The van der Waals surface area contributed by atoms with Crippen LogP contribution >= 0.6 is 0 Å². The minimum absolute atomic E-state index is 0.135. The van der Waals surface area contributed by atoms with Crippen molar-refractivity contribution in [2.24, 2.45) is 11.8 Å². The zero-order valence-corrected chi connectivity index (χ0v) is 16.9. The Morgan fingerprint density at radius 3 is 2.38 bits per heavy atom. The second kappa shape index (κ2) is 9.38. The molecule has 2 rings (SSSR count). The van der Waals surface area contributed by atoms with Gasteiger partial charge in [0, 0.05) is 32.4 Å². The Morgan fingerprint density at radius 1 is 1.23 bits per heavy atom. The van der Waals surface area contributed by atoms with E-state index in [2.05, 4.69) is 24.1 Å². The number of hydrogen-bond donors (Lipinski definition) is 1. The fourth-order valence-corrected chi connectivity index (χ4v) is 3.56. The topological polar surface area (TPSA) is 50.8 Å². The van der Waals surface area contributed by atoms with E-state index in [1.165, 1.54) is 6.42 Å². The molecule has 1 amide bonds. The Bertz CT molecular complexity index is 559. The minimum Gasteiger partial charge on any atom is -0.492 e. The van der Waals surface area contributed by atoms with Gasteiger partial charge in [-0.1, -0.05) is 20.8 Å². The van der Waals surface area contributed by atoms with Gasteiger partial charge < -0.3 is 14.8 Å². The van der Waals surface area contributed by atoms with Crippen LogP contribution in [0.4, 0.5) is 5.69 Å². The van der Waals surface area contributed by atoms with Crippen LogP contribution in [0.15, 0.2) is 24.3 Å². The van der Waals surface area contributed by atoms with Gasteiger partial charge in [-0.2, -0.15) is 0 Å². The molecule has 5 heteroatoms. The first-order valence-corrected chi connectivity index (χ1v) is 9.68. The molecule has 0 spiro atoms. The van der Waals surface area contributed by atoms with Gasteiger partial charge in [0.1, 0.15) is 18.0 Å². The van der Waals surface area contributed by atoms with E-state index in [0.717, 1.165) is 42.9 Å². The number of ether oxygens (including phenoxy) is 2. The van der Waals surface area contributed by atoms with Crippen LogP contribution < -0.4 is 10.1 Å². The van der Waals surface area contributed by atoms with Gasteiger partial charge in [-0.05, 0) is 55.9 Å². The Morgan fingerprint density at radius 2 is 1.85 bits per heavy atom. The van der Waals surface area contributed by atoms with Crippen molar-refractivity contribution in [3.05, 3.63) is 24.3 Å².